The number of fused-ring (bicyclic) bond motifs is 1. The second-order valence-corrected chi connectivity index (χ2v) is 6.44. The molecule has 0 saturated heterocycles. The van der Waals surface area contributed by atoms with Crippen molar-refractivity contribution >= 4 is 34.7 Å². The van der Waals surface area contributed by atoms with Gasteiger partial charge in [-0.25, -0.2) is 0 Å². The van der Waals surface area contributed by atoms with Gasteiger partial charge in [0.1, 0.15) is 12.1 Å². The summed E-state index contributed by atoms with van der Waals surface area (Å²) >= 11 is 1.58. The molecule has 2 amide bonds. The maximum absolute atomic E-state index is 12.7. The summed E-state index contributed by atoms with van der Waals surface area (Å²) < 4.78 is 2.02. The van der Waals surface area contributed by atoms with Gasteiger partial charge in [0.05, 0.1) is 11.6 Å². The highest BCUT2D eigenvalue weighted by Gasteiger charge is 2.36. The molecule has 0 spiro atoms. The van der Waals surface area contributed by atoms with Crippen LogP contribution in [0.4, 0.5) is 0 Å². The van der Waals surface area contributed by atoms with Crippen LogP contribution < -0.4 is 10.6 Å². The molecule has 0 radical (unpaired) electrons. The second kappa shape index (κ2) is 8.08. The van der Waals surface area contributed by atoms with Gasteiger partial charge in [0, 0.05) is 23.4 Å². The van der Waals surface area contributed by atoms with E-state index in [1.54, 1.807) is 18.0 Å². The lowest BCUT2D eigenvalue weighted by Gasteiger charge is -2.31. The quantitative estimate of drug-likeness (QED) is 0.745. The van der Waals surface area contributed by atoms with Gasteiger partial charge in [-0.05, 0) is 49.1 Å². The summed E-state index contributed by atoms with van der Waals surface area (Å²) in [5.41, 5.74) is 0.521. The lowest BCUT2D eigenvalue weighted by molar-refractivity contribution is -0.127. The zero-order valence-corrected chi connectivity index (χ0v) is 15.4. The first-order chi connectivity index (χ1) is 12.0. The number of carbonyl (C=O) groups excluding carboxylic acids is 2. The van der Waals surface area contributed by atoms with E-state index in [-0.39, 0.29) is 18.4 Å². The highest BCUT2D eigenvalue weighted by atomic mass is 32.2. The number of carbonyl (C=O) groups is 2. The third-order valence-corrected chi connectivity index (χ3v) is 5.15. The molecule has 0 atom stereocenters. The van der Waals surface area contributed by atoms with Crippen molar-refractivity contribution in [1.82, 2.24) is 14.6 Å². The van der Waals surface area contributed by atoms with Gasteiger partial charge in [-0.15, -0.1) is 0 Å². The fourth-order valence-electron chi connectivity index (χ4n) is 2.80. The molecule has 6 nitrogen and oxygen atoms in total. The molecule has 0 bridgehead atoms. The average molecular weight is 358 g/mol. The predicted molar refractivity (Wildman–Crippen MR) is 100 cm³/mol. The van der Waals surface area contributed by atoms with Crippen LogP contribution in [0.2, 0.25) is 0 Å². The van der Waals surface area contributed by atoms with Gasteiger partial charge < -0.3 is 10.6 Å². The van der Waals surface area contributed by atoms with Crippen molar-refractivity contribution in [2.45, 2.75) is 32.2 Å². The van der Waals surface area contributed by atoms with E-state index in [0.717, 1.165) is 10.9 Å². The SMILES string of the molecule is CCC(CC)(NC(=O)c1ccc2c(ccn2SC)c1)C(=O)NCC#N. The molecule has 2 rings (SSSR count). The zero-order valence-electron chi connectivity index (χ0n) is 14.6. The minimum absolute atomic E-state index is 0.0788. The first-order valence-electron chi connectivity index (χ1n) is 8.14. The Morgan fingerprint density at radius 3 is 2.60 bits per heavy atom. The van der Waals surface area contributed by atoms with Crippen LogP contribution in [0, 0.1) is 11.3 Å². The van der Waals surface area contributed by atoms with E-state index in [2.05, 4.69) is 10.6 Å². The monoisotopic (exact) mass is 358 g/mol. The standard InChI is InChI=1S/C18H22N4O2S/c1-4-18(5-2,17(24)20-10-9-19)21-16(23)14-6-7-15-13(12-14)8-11-22(15)25-3/h6-8,11-12H,4-5,10H2,1-3H3,(H,20,24)(H,21,23). The van der Waals surface area contributed by atoms with Crippen LogP contribution in [0.3, 0.4) is 0 Å². The summed E-state index contributed by atoms with van der Waals surface area (Å²) in [5.74, 6) is -0.628. The Bertz CT molecular complexity index is 818. The molecule has 0 saturated carbocycles. The van der Waals surface area contributed by atoms with Crippen LogP contribution in [0.1, 0.15) is 37.0 Å². The zero-order chi connectivity index (χ0) is 18.4. The Balaban J connectivity index is 2.26. The molecule has 25 heavy (non-hydrogen) atoms. The predicted octanol–water partition coefficient (Wildman–Crippen LogP) is 2.70. The van der Waals surface area contributed by atoms with Crippen LogP contribution in [-0.4, -0.2) is 34.1 Å². The molecule has 1 aromatic heterocycles. The molecule has 0 fully saturated rings. The number of rotatable bonds is 7. The first-order valence-corrected chi connectivity index (χ1v) is 9.32. The Hall–Kier alpha value is -2.46. The largest absolute Gasteiger partial charge is 0.341 e. The van der Waals surface area contributed by atoms with Crippen molar-refractivity contribution < 1.29 is 9.59 Å². The van der Waals surface area contributed by atoms with Gasteiger partial charge in [-0.2, -0.15) is 5.26 Å². The number of hydrogen-bond donors (Lipinski definition) is 2. The Labute approximate surface area is 151 Å². The smallest absolute Gasteiger partial charge is 0.252 e. The Kier molecular flexibility index (Phi) is 6.10. The van der Waals surface area contributed by atoms with Crippen LogP contribution in [0.25, 0.3) is 10.9 Å². The summed E-state index contributed by atoms with van der Waals surface area (Å²) in [7, 11) is 0. The van der Waals surface area contributed by atoms with Gasteiger partial charge >= 0.3 is 0 Å². The third kappa shape index (κ3) is 3.80. The number of hydrogen-bond acceptors (Lipinski definition) is 4. The number of benzene rings is 1. The number of aromatic nitrogens is 1. The lowest BCUT2D eigenvalue weighted by atomic mass is 9.91. The summed E-state index contributed by atoms with van der Waals surface area (Å²) in [4.78, 5) is 25.1. The van der Waals surface area contributed by atoms with Gasteiger partial charge in [0.15, 0.2) is 0 Å². The highest BCUT2D eigenvalue weighted by Crippen LogP contribution is 2.22. The molecule has 0 unspecified atom stereocenters. The van der Waals surface area contributed by atoms with Crippen LogP contribution >= 0.6 is 11.9 Å². The molecule has 132 valence electrons. The number of nitrogens with one attached hydrogen (secondary N) is 2. The molecule has 1 heterocycles. The molecule has 1 aromatic carbocycles. The minimum Gasteiger partial charge on any atom is -0.341 e. The van der Waals surface area contributed by atoms with Crippen molar-refractivity contribution in [3.63, 3.8) is 0 Å². The number of nitrogens with zero attached hydrogens (tertiary/aromatic N) is 2. The van der Waals surface area contributed by atoms with E-state index >= 15 is 0 Å². The van der Waals surface area contributed by atoms with Crippen molar-refractivity contribution in [1.29, 1.82) is 5.26 Å². The minimum atomic E-state index is -1.02. The summed E-state index contributed by atoms with van der Waals surface area (Å²) in [6.45, 7) is 3.61. The molecule has 0 aliphatic carbocycles. The van der Waals surface area contributed by atoms with Crippen LogP contribution in [0.15, 0.2) is 30.5 Å². The second-order valence-electron chi connectivity index (χ2n) is 5.68. The maximum Gasteiger partial charge on any atom is 0.252 e. The Morgan fingerprint density at radius 1 is 1.28 bits per heavy atom. The summed E-state index contributed by atoms with van der Waals surface area (Å²) in [6, 6.07) is 9.31. The average Bonchev–Trinajstić information content (AvgIpc) is 3.06. The molecule has 0 aliphatic heterocycles. The van der Waals surface area contributed by atoms with E-state index in [1.807, 2.05) is 54.5 Å². The molecule has 0 aliphatic rings. The van der Waals surface area contributed by atoms with Crippen molar-refractivity contribution in [2.75, 3.05) is 12.8 Å². The fourth-order valence-corrected chi connectivity index (χ4v) is 3.35. The van der Waals surface area contributed by atoms with Gasteiger partial charge in [-0.3, -0.25) is 13.6 Å². The topological polar surface area (TPSA) is 86.9 Å². The van der Waals surface area contributed by atoms with E-state index in [1.165, 1.54) is 0 Å². The molecule has 2 N–H and O–H groups in total. The first kappa shape index (κ1) is 18.9. The van der Waals surface area contributed by atoms with Crippen molar-refractivity contribution in [3.05, 3.63) is 36.0 Å². The van der Waals surface area contributed by atoms with E-state index < -0.39 is 5.54 Å². The molecular formula is C18H22N4O2S. The Morgan fingerprint density at radius 2 is 2.00 bits per heavy atom. The molecule has 7 heteroatoms. The van der Waals surface area contributed by atoms with Crippen LogP contribution in [0.5, 0.6) is 0 Å². The van der Waals surface area contributed by atoms with E-state index in [9.17, 15) is 9.59 Å². The van der Waals surface area contributed by atoms with E-state index in [0.29, 0.717) is 18.4 Å². The highest BCUT2D eigenvalue weighted by molar-refractivity contribution is 7.97. The van der Waals surface area contributed by atoms with Crippen molar-refractivity contribution in [2.24, 2.45) is 0 Å². The number of nitriles is 1. The normalized spacial score (nSPS) is 11.1. The summed E-state index contributed by atoms with van der Waals surface area (Å²) in [5, 5.41) is 15.0. The van der Waals surface area contributed by atoms with Gasteiger partial charge in [0.25, 0.3) is 5.91 Å². The van der Waals surface area contributed by atoms with Gasteiger partial charge in [0.2, 0.25) is 5.91 Å². The molecular weight excluding hydrogens is 336 g/mol. The maximum atomic E-state index is 12.7. The summed E-state index contributed by atoms with van der Waals surface area (Å²) in [6.07, 6.45) is 4.82. The fraction of sp³-hybridized carbons (Fsp3) is 0.389. The number of amides is 2. The molecule has 2 aromatic rings. The van der Waals surface area contributed by atoms with Crippen molar-refractivity contribution in [3.8, 4) is 6.07 Å². The van der Waals surface area contributed by atoms with E-state index in [4.69, 9.17) is 5.26 Å². The lowest BCUT2D eigenvalue weighted by Crippen LogP contribution is -2.58. The van der Waals surface area contributed by atoms with Crippen LogP contribution in [-0.2, 0) is 4.79 Å². The third-order valence-electron chi connectivity index (χ3n) is 4.44. The van der Waals surface area contributed by atoms with Gasteiger partial charge in [-0.1, -0.05) is 13.8 Å².